The fourth-order valence-corrected chi connectivity index (χ4v) is 0.585. The highest BCUT2D eigenvalue weighted by Crippen LogP contribution is 2.17. The molecule has 1 rings (SSSR count). The van der Waals surface area contributed by atoms with E-state index in [1.807, 2.05) is 0 Å². The van der Waals surface area contributed by atoms with E-state index in [0.717, 1.165) is 19.6 Å². The molecule has 0 unspecified atom stereocenters. The van der Waals surface area contributed by atoms with E-state index in [0.29, 0.717) is 6.10 Å². The average molecular weight is 144 g/mol. The lowest BCUT2D eigenvalue weighted by molar-refractivity contribution is -0.0267. The molecule has 2 heteroatoms. The third-order valence-corrected chi connectivity index (χ3v) is 1.91. The molecule has 10 heavy (non-hydrogen) atoms. The average Bonchev–Trinajstić information content (AvgIpc) is 2.66. The molecule has 1 aliphatic rings. The van der Waals surface area contributed by atoms with Crippen LogP contribution in [0.25, 0.3) is 0 Å². The Morgan fingerprint density at radius 2 is 2.20 bits per heavy atom. The van der Waals surface area contributed by atoms with Crippen molar-refractivity contribution in [2.24, 2.45) is 0 Å². The second-order valence-corrected chi connectivity index (χ2v) is 3.38. The van der Waals surface area contributed by atoms with Gasteiger partial charge < -0.3 is 9.47 Å². The van der Waals surface area contributed by atoms with Crippen LogP contribution in [0.15, 0.2) is 0 Å². The molecular formula is C8H16O2. The van der Waals surface area contributed by atoms with Gasteiger partial charge in [0.25, 0.3) is 0 Å². The van der Waals surface area contributed by atoms with Crippen LogP contribution in [0, 0.1) is 0 Å². The Balaban J connectivity index is 2.09. The van der Waals surface area contributed by atoms with Crippen molar-refractivity contribution in [3.63, 3.8) is 0 Å². The van der Waals surface area contributed by atoms with Crippen LogP contribution in [0.4, 0.5) is 0 Å². The molecule has 0 aliphatic carbocycles. The van der Waals surface area contributed by atoms with E-state index < -0.39 is 0 Å². The Bertz CT molecular complexity index is 106. The smallest absolute Gasteiger partial charge is 0.104 e. The molecule has 2 nitrogen and oxygen atoms in total. The molecule has 1 aliphatic heterocycles. The summed E-state index contributed by atoms with van der Waals surface area (Å²) < 4.78 is 10.6. The van der Waals surface area contributed by atoms with Crippen molar-refractivity contribution in [1.29, 1.82) is 0 Å². The lowest BCUT2D eigenvalue weighted by Gasteiger charge is -2.22. The molecule has 0 aromatic carbocycles. The van der Waals surface area contributed by atoms with E-state index in [2.05, 4.69) is 20.8 Å². The van der Waals surface area contributed by atoms with Crippen molar-refractivity contribution in [2.45, 2.75) is 38.9 Å². The van der Waals surface area contributed by atoms with Gasteiger partial charge in [0, 0.05) is 0 Å². The van der Waals surface area contributed by atoms with Crippen LogP contribution in [-0.4, -0.2) is 24.9 Å². The van der Waals surface area contributed by atoms with E-state index in [1.165, 1.54) is 0 Å². The quantitative estimate of drug-likeness (QED) is 0.559. The van der Waals surface area contributed by atoms with Gasteiger partial charge in [-0.2, -0.15) is 0 Å². The Labute approximate surface area is 62.5 Å². The Morgan fingerprint density at radius 3 is 2.60 bits per heavy atom. The molecule has 1 saturated heterocycles. The number of ether oxygens (including phenoxy) is 2. The molecule has 0 aromatic heterocycles. The summed E-state index contributed by atoms with van der Waals surface area (Å²) in [6.07, 6.45) is 1.45. The Hall–Kier alpha value is -0.0800. The third-order valence-electron chi connectivity index (χ3n) is 1.91. The van der Waals surface area contributed by atoms with E-state index >= 15 is 0 Å². The van der Waals surface area contributed by atoms with Crippen molar-refractivity contribution in [3.05, 3.63) is 0 Å². The molecule has 0 radical (unpaired) electrons. The highest BCUT2D eigenvalue weighted by atomic mass is 16.6. The van der Waals surface area contributed by atoms with Crippen molar-refractivity contribution in [3.8, 4) is 0 Å². The van der Waals surface area contributed by atoms with Gasteiger partial charge in [0.2, 0.25) is 0 Å². The summed E-state index contributed by atoms with van der Waals surface area (Å²) in [6, 6.07) is 0. The van der Waals surface area contributed by atoms with E-state index in [4.69, 9.17) is 9.47 Å². The normalized spacial score (nSPS) is 24.9. The standard InChI is InChI=1S/C8H16O2/c1-4-8(2,3)10-6-7-5-9-7/h7H,4-6H2,1-3H3/t7-/m1/s1. The van der Waals surface area contributed by atoms with Crippen molar-refractivity contribution in [1.82, 2.24) is 0 Å². The van der Waals surface area contributed by atoms with Crippen molar-refractivity contribution >= 4 is 0 Å². The van der Waals surface area contributed by atoms with Crippen molar-refractivity contribution < 1.29 is 9.47 Å². The number of rotatable bonds is 4. The van der Waals surface area contributed by atoms with Gasteiger partial charge in [-0.3, -0.25) is 0 Å². The largest absolute Gasteiger partial charge is 0.373 e. The predicted octanol–water partition coefficient (Wildman–Crippen LogP) is 1.59. The lowest BCUT2D eigenvalue weighted by Crippen LogP contribution is -2.25. The minimum atomic E-state index is 0.0337. The Morgan fingerprint density at radius 1 is 1.60 bits per heavy atom. The summed E-state index contributed by atoms with van der Waals surface area (Å²) in [5, 5.41) is 0. The molecule has 60 valence electrons. The topological polar surface area (TPSA) is 21.8 Å². The van der Waals surface area contributed by atoms with Gasteiger partial charge in [-0.25, -0.2) is 0 Å². The van der Waals surface area contributed by atoms with E-state index in [9.17, 15) is 0 Å². The van der Waals surface area contributed by atoms with Crippen LogP contribution in [0.2, 0.25) is 0 Å². The Kier molecular flexibility index (Phi) is 2.32. The minimum Gasteiger partial charge on any atom is -0.373 e. The van der Waals surface area contributed by atoms with Crippen LogP contribution >= 0.6 is 0 Å². The van der Waals surface area contributed by atoms with E-state index in [-0.39, 0.29) is 5.60 Å². The van der Waals surface area contributed by atoms with E-state index in [1.54, 1.807) is 0 Å². The molecule has 0 saturated carbocycles. The molecule has 1 fully saturated rings. The van der Waals surface area contributed by atoms with Gasteiger partial charge in [0.15, 0.2) is 0 Å². The number of hydrogen-bond donors (Lipinski definition) is 0. The van der Waals surface area contributed by atoms with Gasteiger partial charge in [-0.05, 0) is 20.3 Å². The van der Waals surface area contributed by atoms with Gasteiger partial charge in [-0.1, -0.05) is 6.92 Å². The predicted molar refractivity (Wildman–Crippen MR) is 40.1 cm³/mol. The summed E-state index contributed by atoms with van der Waals surface area (Å²) in [5.41, 5.74) is 0.0337. The maximum Gasteiger partial charge on any atom is 0.104 e. The van der Waals surface area contributed by atoms with Gasteiger partial charge >= 0.3 is 0 Å². The highest BCUT2D eigenvalue weighted by Gasteiger charge is 2.26. The monoisotopic (exact) mass is 144 g/mol. The summed E-state index contributed by atoms with van der Waals surface area (Å²) in [5.74, 6) is 0. The van der Waals surface area contributed by atoms with Gasteiger partial charge in [-0.15, -0.1) is 0 Å². The fraction of sp³-hybridized carbons (Fsp3) is 1.00. The summed E-state index contributed by atoms with van der Waals surface area (Å²) in [7, 11) is 0. The SMILES string of the molecule is CCC(C)(C)OC[C@H]1CO1. The van der Waals surface area contributed by atoms with Crippen LogP contribution < -0.4 is 0 Å². The van der Waals surface area contributed by atoms with Crippen LogP contribution in [0.1, 0.15) is 27.2 Å². The first-order valence-electron chi connectivity index (χ1n) is 3.89. The first kappa shape index (κ1) is 8.02. The van der Waals surface area contributed by atoms with Gasteiger partial charge in [0.05, 0.1) is 18.8 Å². The van der Waals surface area contributed by atoms with Crippen molar-refractivity contribution in [2.75, 3.05) is 13.2 Å². The first-order valence-corrected chi connectivity index (χ1v) is 3.89. The molecule has 1 atom stereocenters. The lowest BCUT2D eigenvalue weighted by atomic mass is 10.1. The number of hydrogen-bond acceptors (Lipinski definition) is 2. The first-order chi connectivity index (χ1) is 4.64. The van der Waals surface area contributed by atoms with Gasteiger partial charge in [0.1, 0.15) is 6.10 Å². The molecule has 0 amide bonds. The molecule has 0 bridgehead atoms. The maximum absolute atomic E-state index is 5.58. The minimum absolute atomic E-state index is 0.0337. The summed E-state index contributed by atoms with van der Waals surface area (Å²) in [6.45, 7) is 8.00. The molecule has 0 N–H and O–H groups in total. The third kappa shape index (κ3) is 2.67. The highest BCUT2D eigenvalue weighted by molar-refractivity contribution is 4.72. The molecule has 1 heterocycles. The number of epoxide rings is 1. The summed E-state index contributed by atoms with van der Waals surface area (Å²) >= 11 is 0. The summed E-state index contributed by atoms with van der Waals surface area (Å²) in [4.78, 5) is 0. The maximum atomic E-state index is 5.58. The zero-order valence-corrected chi connectivity index (χ0v) is 7.02. The van der Waals surface area contributed by atoms with Crippen LogP contribution in [-0.2, 0) is 9.47 Å². The fourth-order valence-electron chi connectivity index (χ4n) is 0.585. The van der Waals surface area contributed by atoms with Crippen LogP contribution in [0.5, 0.6) is 0 Å². The zero-order valence-electron chi connectivity index (χ0n) is 7.02. The second-order valence-electron chi connectivity index (χ2n) is 3.38. The molecule has 0 spiro atoms. The molecular weight excluding hydrogens is 128 g/mol. The molecule has 0 aromatic rings. The zero-order chi connectivity index (χ0) is 7.61. The van der Waals surface area contributed by atoms with Crippen LogP contribution in [0.3, 0.4) is 0 Å². The second kappa shape index (κ2) is 2.89.